The Hall–Kier alpha value is -0.583. The van der Waals surface area contributed by atoms with Crippen LogP contribution in [0.4, 0.5) is 0 Å². The molecule has 7 nitrogen and oxygen atoms in total. The topological polar surface area (TPSA) is 86.6 Å². The second kappa shape index (κ2) is 14.9. The maximum absolute atomic E-state index is 11.6. The Morgan fingerprint density at radius 2 is 1.71 bits per heavy atom. The van der Waals surface area contributed by atoms with Gasteiger partial charge in [-0.3, -0.25) is 0 Å². The number of rotatable bonds is 18. The molecule has 0 heterocycles. The van der Waals surface area contributed by atoms with Gasteiger partial charge in [0.25, 0.3) is 0 Å². The number of hydrogen-bond acceptors (Lipinski definition) is 7. The third-order valence-electron chi connectivity index (χ3n) is 8.77. The Kier molecular flexibility index (Phi) is 13.9. The molecule has 0 amide bonds. The molecular weight excluding hydrogens is 500 g/mol. The van der Waals surface area contributed by atoms with E-state index in [-0.39, 0.29) is 35.9 Å². The van der Waals surface area contributed by atoms with Crippen LogP contribution in [0.25, 0.3) is 0 Å². The minimum atomic E-state index is -1.86. The highest BCUT2D eigenvalue weighted by Gasteiger charge is 2.55. The van der Waals surface area contributed by atoms with E-state index in [0.717, 1.165) is 19.3 Å². The van der Waals surface area contributed by atoms with Crippen molar-refractivity contribution in [3.63, 3.8) is 0 Å². The molecule has 0 bridgehead atoms. The van der Waals surface area contributed by atoms with Crippen molar-refractivity contribution < 1.29 is 33.6 Å². The molecule has 0 aliphatic heterocycles. The van der Waals surface area contributed by atoms with Crippen LogP contribution >= 0.6 is 0 Å². The molecule has 0 spiro atoms. The molecule has 224 valence electrons. The van der Waals surface area contributed by atoms with E-state index in [2.05, 4.69) is 60.9 Å². The lowest BCUT2D eigenvalue weighted by molar-refractivity contribution is -0.239. The Balaban J connectivity index is 3.01. The molecule has 0 aromatic carbocycles. The van der Waals surface area contributed by atoms with Crippen LogP contribution in [0.5, 0.6) is 0 Å². The fraction of sp³-hybridized carbons (Fsp3) is 0.867. The first-order chi connectivity index (χ1) is 17.5. The van der Waals surface area contributed by atoms with E-state index in [1.54, 1.807) is 14.2 Å². The van der Waals surface area contributed by atoms with E-state index in [1.807, 2.05) is 13.0 Å². The number of aliphatic hydroxyl groups is 2. The van der Waals surface area contributed by atoms with Gasteiger partial charge >= 0.3 is 0 Å². The lowest BCUT2D eigenvalue weighted by atomic mass is 9.74. The van der Waals surface area contributed by atoms with Crippen LogP contribution in [0.15, 0.2) is 24.8 Å². The molecule has 0 aromatic rings. The van der Waals surface area contributed by atoms with Crippen molar-refractivity contribution in [2.75, 3.05) is 34.4 Å². The molecule has 4 unspecified atom stereocenters. The summed E-state index contributed by atoms with van der Waals surface area (Å²) in [4.78, 5) is 0. The highest BCUT2D eigenvalue weighted by molar-refractivity contribution is 6.74. The summed E-state index contributed by atoms with van der Waals surface area (Å²) in [5.74, 6) is -0.381. The van der Waals surface area contributed by atoms with Crippen molar-refractivity contribution in [2.45, 2.75) is 116 Å². The summed E-state index contributed by atoms with van der Waals surface area (Å²) in [6, 6.07) is 0. The van der Waals surface area contributed by atoms with Gasteiger partial charge in [0.1, 0.15) is 19.2 Å². The Morgan fingerprint density at radius 1 is 1.11 bits per heavy atom. The SMILES string of the molecule is C=CC(C)C(OCOC)[C@@]1(OCOC)CCC[C@@H]1C(O)C(=C)C(O)CCC(C)(C)CO[Si](C)(C)C(C)(C)C. The van der Waals surface area contributed by atoms with Crippen molar-refractivity contribution in [1.29, 1.82) is 0 Å². The maximum atomic E-state index is 11.6. The van der Waals surface area contributed by atoms with Gasteiger partial charge in [-0.15, -0.1) is 6.58 Å². The largest absolute Gasteiger partial charge is 0.416 e. The standard InChI is InChI=1S/C30H58O7Si/c1-13-22(2)27(35-20-33-9)30(36-21-34-10)17-14-15-24(30)26(32)23(3)25(31)16-18-29(7,8)19-37-38(11,12)28(4,5)6/h13,22,24-27,31-32H,1,3,14-21H2,2,4-12H3/t22?,24-,25?,26?,27?,30-/m1/s1. The van der Waals surface area contributed by atoms with Crippen LogP contribution in [-0.2, 0) is 23.4 Å². The highest BCUT2D eigenvalue weighted by atomic mass is 28.4. The van der Waals surface area contributed by atoms with Crippen LogP contribution in [-0.4, -0.2) is 76.9 Å². The first-order valence-electron chi connectivity index (χ1n) is 14.0. The summed E-state index contributed by atoms with van der Waals surface area (Å²) in [7, 11) is 1.30. The Morgan fingerprint density at radius 3 is 2.24 bits per heavy atom. The molecule has 1 rings (SSSR count). The summed E-state index contributed by atoms with van der Waals surface area (Å²) in [5, 5.41) is 22.8. The first-order valence-corrected chi connectivity index (χ1v) is 16.9. The summed E-state index contributed by atoms with van der Waals surface area (Å²) in [5.41, 5.74) is -0.528. The fourth-order valence-corrected chi connectivity index (χ4v) is 6.26. The van der Waals surface area contributed by atoms with Crippen molar-refractivity contribution in [3.8, 4) is 0 Å². The molecule has 1 aliphatic rings. The molecule has 0 radical (unpaired) electrons. The molecule has 8 heteroatoms. The van der Waals surface area contributed by atoms with Gasteiger partial charge in [0, 0.05) is 32.7 Å². The van der Waals surface area contributed by atoms with E-state index in [9.17, 15) is 10.2 Å². The molecule has 1 saturated carbocycles. The first kappa shape index (κ1) is 35.4. The monoisotopic (exact) mass is 558 g/mol. The predicted molar refractivity (Wildman–Crippen MR) is 156 cm³/mol. The van der Waals surface area contributed by atoms with E-state index >= 15 is 0 Å². The van der Waals surface area contributed by atoms with Crippen LogP contribution in [0.2, 0.25) is 18.1 Å². The average molecular weight is 559 g/mol. The van der Waals surface area contributed by atoms with E-state index in [4.69, 9.17) is 23.4 Å². The molecule has 0 aromatic heterocycles. The van der Waals surface area contributed by atoms with Gasteiger partial charge in [0.2, 0.25) is 0 Å². The summed E-state index contributed by atoms with van der Waals surface area (Å²) in [6.45, 7) is 26.5. The second-order valence-electron chi connectivity index (χ2n) is 13.4. The zero-order valence-electron chi connectivity index (χ0n) is 26.0. The normalized spacial score (nSPS) is 24.2. The van der Waals surface area contributed by atoms with Crippen molar-refractivity contribution in [2.24, 2.45) is 17.3 Å². The van der Waals surface area contributed by atoms with E-state index in [0.29, 0.717) is 25.0 Å². The summed E-state index contributed by atoms with van der Waals surface area (Å²) >= 11 is 0. The van der Waals surface area contributed by atoms with E-state index < -0.39 is 32.2 Å². The second-order valence-corrected chi connectivity index (χ2v) is 18.2. The molecule has 0 saturated heterocycles. The predicted octanol–water partition coefficient (Wildman–Crippen LogP) is 6.06. The Labute approximate surface area is 234 Å². The zero-order valence-corrected chi connectivity index (χ0v) is 27.0. The quantitative estimate of drug-likeness (QED) is 0.120. The fourth-order valence-electron chi connectivity index (χ4n) is 5.07. The van der Waals surface area contributed by atoms with Gasteiger partial charge in [-0.05, 0) is 61.2 Å². The van der Waals surface area contributed by atoms with Crippen LogP contribution in [0.3, 0.4) is 0 Å². The van der Waals surface area contributed by atoms with Crippen molar-refractivity contribution >= 4 is 8.32 Å². The highest BCUT2D eigenvalue weighted by Crippen LogP contribution is 2.48. The summed E-state index contributed by atoms with van der Waals surface area (Å²) in [6.07, 6.45) is 3.13. The molecular formula is C30H58O7Si. The maximum Gasteiger partial charge on any atom is 0.192 e. The number of ether oxygens (including phenoxy) is 4. The summed E-state index contributed by atoms with van der Waals surface area (Å²) < 4.78 is 29.4. The lowest BCUT2D eigenvalue weighted by Gasteiger charge is -2.45. The van der Waals surface area contributed by atoms with Crippen LogP contribution in [0, 0.1) is 17.3 Å². The van der Waals surface area contributed by atoms with Gasteiger partial charge in [0.15, 0.2) is 8.32 Å². The van der Waals surface area contributed by atoms with Gasteiger partial charge in [-0.25, -0.2) is 0 Å². The lowest BCUT2D eigenvalue weighted by Crippen LogP contribution is -2.56. The van der Waals surface area contributed by atoms with Crippen molar-refractivity contribution in [1.82, 2.24) is 0 Å². The molecule has 1 fully saturated rings. The van der Waals surface area contributed by atoms with Gasteiger partial charge < -0.3 is 33.6 Å². The van der Waals surface area contributed by atoms with Gasteiger partial charge in [-0.1, -0.05) is 54.2 Å². The van der Waals surface area contributed by atoms with Gasteiger partial charge in [0.05, 0.1) is 18.3 Å². The zero-order chi connectivity index (χ0) is 29.4. The third kappa shape index (κ3) is 9.23. The minimum absolute atomic E-state index is 0.0605. The number of aliphatic hydroxyl groups excluding tert-OH is 2. The third-order valence-corrected chi connectivity index (χ3v) is 13.2. The molecule has 6 atom stereocenters. The smallest absolute Gasteiger partial charge is 0.192 e. The van der Waals surface area contributed by atoms with Crippen LogP contribution < -0.4 is 0 Å². The minimum Gasteiger partial charge on any atom is -0.416 e. The Bertz CT molecular complexity index is 733. The molecule has 38 heavy (non-hydrogen) atoms. The van der Waals surface area contributed by atoms with E-state index in [1.165, 1.54) is 0 Å². The average Bonchev–Trinajstić information content (AvgIpc) is 3.27. The van der Waals surface area contributed by atoms with Crippen LogP contribution in [0.1, 0.15) is 73.6 Å². The van der Waals surface area contributed by atoms with Gasteiger partial charge in [-0.2, -0.15) is 0 Å². The number of hydrogen-bond donors (Lipinski definition) is 2. The molecule has 2 N–H and O–H groups in total. The number of methoxy groups -OCH3 is 2. The van der Waals surface area contributed by atoms with Crippen molar-refractivity contribution in [3.05, 3.63) is 24.8 Å². The molecule has 1 aliphatic carbocycles.